The number of hydrogen-bond acceptors (Lipinski definition) is 3. The van der Waals surface area contributed by atoms with Crippen molar-refractivity contribution in [2.24, 2.45) is 0 Å². The maximum atomic E-state index is 11.6. The van der Waals surface area contributed by atoms with Crippen molar-refractivity contribution in [1.82, 2.24) is 5.48 Å². The lowest BCUT2D eigenvalue weighted by Gasteiger charge is -2.19. The maximum Gasteiger partial charge on any atom is 0.278 e. The Morgan fingerprint density at radius 1 is 1.44 bits per heavy atom. The first kappa shape index (κ1) is 12.8. The predicted octanol–water partition coefficient (Wildman–Crippen LogP) is 2.51. The van der Waals surface area contributed by atoms with Gasteiger partial charge in [-0.15, -0.1) is 0 Å². The van der Waals surface area contributed by atoms with Crippen molar-refractivity contribution in [2.45, 2.75) is 26.4 Å². The molecule has 4 nitrogen and oxygen atoms in total. The average Bonchev–Trinajstić information content (AvgIpc) is 2.13. The van der Waals surface area contributed by atoms with E-state index in [4.69, 9.17) is 16.4 Å². The number of amides is 1. The van der Waals surface area contributed by atoms with Crippen molar-refractivity contribution in [3.63, 3.8) is 0 Å². The van der Waals surface area contributed by atoms with E-state index in [1.165, 1.54) is 18.2 Å². The molecule has 16 heavy (non-hydrogen) atoms. The molecule has 0 saturated carbocycles. The van der Waals surface area contributed by atoms with Gasteiger partial charge in [0.15, 0.2) is 0 Å². The number of nitrogens with one attached hydrogen (secondary N) is 1. The summed E-state index contributed by atoms with van der Waals surface area (Å²) in [5.74, 6) is -0.688. The Bertz CT molecular complexity index is 399. The van der Waals surface area contributed by atoms with Crippen LogP contribution in [-0.2, 0) is 4.84 Å². The maximum absolute atomic E-state index is 11.6. The molecule has 0 aliphatic rings. The number of phenols is 1. The number of phenolic OH excluding ortho intramolecular Hbond substituents is 1. The van der Waals surface area contributed by atoms with Gasteiger partial charge in [0.05, 0.1) is 11.2 Å². The largest absolute Gasteiger partial charge is 0.507 e. The van der Waals surface area contributed by atoms with E-state index in [1.807, 2.05) is 0 Å². The molecular formula is C11H14ClNO3. The lowest BCUT2D eigenvalue weighted by Crippen LogP contribution is -2.33. The lowest BCUT2D eigenvalue weighted by atomic mass is 10.2. The van der Waals surface area contributed by atoms with E-state index in [2.05, 4.69) is 5.48 Å². The number of rotatable bonds is 2. The van der Waals surface area contributed by atoms with Crippen LogP contribution in [-0.4, -0.2) is 16.6 Å². The molecule has 0 aromatic heterocycles. The molecule has 1 amide bonds. The van der Waals surface area contributed by atoms with Gasteiger partial charge in [-0.2, -0.15) is 0 Å². The van der Waals surface area contributed by atoms with E-state index < -0.39 is 11.5 Å². The van der Waals surface area contributed by atoms with Crippen molar-refractivity contribution < 1.29 is 14.7 Å². The van der Waals surface area contributed by atoms with Gasteiger partial charge in [0, 0.05) is 5.02 Å². The molecular weight excluding hydrogens is 230 g/mol. The summed E-state index contributed by atoms with van der Waals surface area (Å²) in [7, 11) is 0. The Morgan fingerprint density at radius 2 is 2.06 bits per heavy atom. The molecule has 1 aromatic rings. The first-order chi connectivity index (χ1) is 7.29. The van der Waals surface area contributed by atoms with E-state index in [9.17, 15) is 9.90 Å². The summed E-state index contributed by atoms with van der Waals surface area (Å²) in [6, 6.07) is 4.25. The van der Waals surface area contributed by atoms with E-state index in [1.54, 1.807) is 20.8 Å². The molecule has 0 heterocycles. The minimum absolute atomic E-state index is 0.119. The molecule has 0 bridgehead atoms. The number of hydrogen-bond donors (Lipinski definition) is 2. The third-order valence-electron chi connectivity index (χ3n) is 1.65. The van der Waals surface area contributed by atoms with Crippen LogP contribution in [0.5, 0.6) is 5.75 Å². The van der Waals surface area contributed by atoms with Gasteiger partial charge in [-0.25, -0.2) is 5.48 Å². The summed E-state index contributed by atoms with van der Waals surface area (Å²) < 4.78 is 0. The molecule has 0 saturated heterocycles. The molecule has 88 valence electrons. The number of carbonyl (C=O) groups is 1. The van der Waals surface area contributed by atoms with Gasteiger partial charge >= 0.3 is 0 Å². The summed E-state index contributed by atoms with van der Waals surface area (Å²) in [6.07, 6.45) is 0. The van der Waals surface area contributed by atoms with Gasteiger partial charge in [0.2, 0.25) is 0 Å². The van der Waals surface area contributed by atoms with Crippen molar-refractivity contribution in [2.75, 3.05) is 0 Å². The van der Waals surface area contributed by atoms with Crippen LogP contribution in [0.3, 0.4) is 0 Å². The van der Waals surface area contributed by atoms with Crippen LogP contribution in [0.15, 0.2) is 18.2 Å². The molecule has 0 aliphatic carbocycles. The van der Waals surface area contributed by atoms with Crippen LogP contribution in [0.1, 0.15) is 31.1 Å². The molecule has 0 atom stereocenters. The van der Waals surface area contributed by atoms with E-state index >= 15 is 0 Å². The SMILES string of the molecule is CC(C)(C)ONC(=O)c1ccc(Cl)cc1O. The first-order valence-electron chi connectivity index (χ1n) is 4.76. The number of benzene rings is 1. The zero-order chi connectivity index (χ0) is 12.3. The van der Waals surface area contributed by atoms with Crippen LogP contribution in [0.4, 0.5) is 0 Å². The van der Waals surface area contributed by atoms with E-state index in [0.717, 1.165) is 0 Å². The zero-order valence-electron chi connectivity index (χ0n) is 9.37. The summed E-state index contributed by atoms with van der Waals surface area (Å²) in [4.78, 5) is 16.7. The highest BCUT2D eigenvalue weighted by Crippen LogP contribution is 2.21. The highest BCUT2D eigenvalue weighted by Gasteiger charge is 2.16. The monoisotopic (exact) mass is 243 g/mol. The predicted molar refractivity (Wildman–Crippen MR) is 61.4 cm³/mol. The standard InChI is InChI=1S/C11H14ClNO3/c1-11(2,3)16-13-10(15)8-5-4-7(12)6-9(8)14/h4-6,14H,1-3H3,(H,13,15). The summed E-state index contributed by atoms with van der Waals surface area (Å²) >= 11 is 5.65. The second-order valence-electron chi connectivity index (χ2n) is 4.31. The fourth-order valence-corrected chi connectivity index (χ4v) is 1.12. The zero-order valence-corrected chi connectivity index (χ0v) is 10.1. The molecule has 5 heteroatoms. The molecule has 0 spiro atoms. The lowest BCUT2D eigenvalue weighted by molar-refractivity contribution is -0.0590. The Kier molecular flexibility index (Phi) is 3.78. The van der Waals surface area contributed by atoms with Crippen molar-refractivity contribution in [3.8, 4) is 5.75 Å². The second-order valence-corrected chi connectivity index (χ2v) is 4.74. The Morgan fingerprint density at radius 3 is 2.56 bits per heavy atom. The van der Waals surface area contributed by atoms with Gasteiger partial charge < -0.3 is 5.11 Å². The minimum Gasteiger partial charge on any atom is -0.507 e. The first-order valence-corrected chi connectivity index (χ1v) is 5.14. The van der Waals surface area contributed by atoms with Crippen molar-refractivity contribution in [3.05, 3.63) is 28.8 Å². The second kappa shape index (κ2) is 4.72. The molecule has 1 aromatic carbocycles. The van der Waals surface area contributed by atoms with E-state index in [-0.39, 0.29) is 11.3 Å². The van der Waals surface area contributed by atoms with Gasteiger partial charge in [0.1, 0.15) is 5.75 Å². The minimum atomic E-state index is -0.510. The molecule has 0 radical (unpaired) electrons. The van der Waals surface area contributed by atoms with E-state index in [0.29, 0.717) is 5.02 Å². The number of halogens is 1. The summed E-state index contributed by atoms with van der Waals surface area (Å²) in [5.41, 5.74) is 1.89. The third-order valence-corrected chi connectivity index (χ3v) is 1.89. The molecule has 0 aliphatic heterocycles. The topological polar surface area (TPSA) is 58.6 Å². The normalized spacial score (nSPS) is 11.2. The highest BCUT2D eigenvalue weighted by molar-refractivity contribution is 6.30. The molecule has 1 rings (SSSR count). The van der Waals surface area contributed by atoms with Gasteiger partial charge in [-0.1, -0.05) is 11.6 Å². The summed E-state index contributed by atoms with van der Waals surface area (Å²) in [6.45, 7) is 5.40. The Labute approximate surface area is 99.1 Å². The van der Waals surface area contributed by atoms with Crippen LogP contribution < -0.4 is 5.48 Å². The van der Waals surface area contributed by atoms with Crippen LogP contribution in [0, 0.1) is 0 Å². The van der Waals surface area contributed by atoms with Crippen LogP contribution in [0.2, 0.25) is 5.02 Å². The highest BCUT2D eigenvalue weighted by atomic mass is 35.5. The van der Waals surface area contributed by atoms with Gasteiger partial charge in [0.25, 0.3) is 5.91 Å². The van der Waals surface area contributed by atoms with Crippen LogP contribution >= 0.6 is 11.6 Å². The van der Waals surface area contributed by atoms with Gasteiger partial charge in [-0.05, 0) is 39.0 Å². The quantitative estimate of drug-likeness (QED) is 0.785. The smallest absolute Gasteiger partial charge is 0.278 e. The van der Waals surface area contributed by atoms with Crippen molar-refractivity contribution >= 4 is 17.5 Å². The number of hydroxylamine groups is 1. The van der Waals surface area contributed by atoms with Crippen LogP contribution in [0.25, 0.3) is 0 Å². The Balaban J connectivity index is 2.74. The number of carbonyl (C=O) groups excluding carboxylic acids is 1. The Hall–Kier alpha value is -1.26. The third kappa shape index (κ3) is 3.72. The molecule has 0 unspecified atom stereocenters. The van der Waals surface area contributed by atoms with Gasteiger partial charge in [-0.3, -0.25) is 9.63 Å². The number of aromatic hydroxyl groups is 1. The fraction of sp³-hybridized carbons (Fsp3) is 0.364. The molecule has 0 fully saturated rings. The fourth-order valence-electron chi connectivity index (χ4n) is 0.951. The average molecular weight is 244 g/mol. The summed E-state index contributed by atoms with van der Waals surface area (Å²) in [5, 5.41) is 9.86. The van der Waals surface area contributed by atoms with Crippen molar-refractivity contribution in [1.29, 1.82) is 0 Å². The molecule has 2 N–H and O–H groups in total.